The molecule has 4 aliphatic carbocycles. The van der Waals surface area contributed by atoms with Crippen LogP contribution in [-0.2, 0) is 4.79 Å². The van der Waals surface area contributed by atoms with Gasteiger partial charge < -0.3 is 4.90 Å². The quantitative estimate of drug-likeness (QED) is 0.774. The van der Waals surface area contributed by atoms with Crippen molar-refractivity contribution in [1.29, 1.82) is 0 Å². The van der Waals surface area contributed by atoms with Gasteiger partial charge >= 0.3 is 0 Å². The Bertz CT molecular complexity index is 652. The molecule has 1 amide bonds. The fourth-order valence-corrected chi connectivity index (χ4v) is 6.69. The van der Waals surface area contributed by atoms with E-state index in [1.54, 1.807) is 6.08 Å². The molecule has 5 fully saturated rings. The van der Waals surface area contributed by atoms with Crippen molar-refractivity contribution in [2.75, 3.05) is 26.2 Å². The van der Waals surface area contributed by atoms with Crippen LogP contribution in [0.25, 0.3) is 6.08 Å². The number of carbonyl (C=O) groups excluding carboxylic acids is 1. The van der Waals surface area contributed by atoms with Gasteiger partial charge in [0.1, 0.15) is 0 Å². The van der Waals surface area contributed by atoms with Crippen LogP contribution in [0.15, 0.2) is 36.4 Å². The van der Waals surface area contributed by atoms with Crippen LogP contribution in [0.2, 0.25) is 0 Å². The second kappa shape index (κ2) is 6.53. The van der Waals surface area contributed by atoms with Gasteiger partial charge in [0.15, 0.2) is 0 Å². The van der Waals surface area contributed by atoms with E-state index in [9.17, 15) is 4.79 Å². The van der Waals surface area contributed by atoms with Crippen LogP contribution >= 0.6 is 0 Å². The van der Waals surface area contributed by atoms with Crippen LogP contribution in [-0.4, -0.2) is 47.4 Å². The van der Waals surface area contributed by atoms with Gasteiger partial charge in [-0.2, -0.15) is 0 Å². The van der Waals surface area contributed by atoms with E-state index in [1.165, 1.54) is 38.5 Å². The number of nitrogens with zero attached hydrogens (tertiary/aromatic N) is 2. The number of hydrogen-bond donors (Lipinski definition) is 0. The highest BCUT2D eigenvalue weighted by molar-refractivity contribution is 5.91. The summed E-state index contributed by atoms with van der Waals surface area (Å²) in [7, 11) is 0. The number of carbonyl (C=O) groups is 1. The smallest absolute Gasteiger partial charge is 0.246 e. The molecule has 4 bridgehead atoms. The SMILES string of the molecule is O=C(C=Cc1ccccc1)N1CCN(C23CC4CC(CC(C4)C2)C3)CC1. The summed E-state index contributed by atoms with van der Waals surface area (Å²) in [6.07, 6.45) is 12.5. The fourth-order valence-electron chi connectivity index (χ4n) is 6.69. The summed E-state index contributed by atoms with van der Waals surface area (Å²) in [6, 6.07) is 10.1. The Labute approximate surface area is 157 Å². The molecule has 0 aromatic heterocycles. The number of hydrogen-bond acceptors (Lipinski definition) is 2. The summed E-state index contributed by atoms with van der Waals surface area (Å²) < 4.78 is 0. The summed E-state index contributed by atoms with van der Waals surface area (Å²) in [5.74, 6) is 3.15. The van der Waals surface area contributed by atoms with Crippen LogP contribution < -0.4 is 0 Å². The molecule has 0 N–H and O–H groups in total. The van der Waals surface area contributed by atoms with E-state index in [-0.39, 0.29) is 5.91 Å². The molecule has 0 radical (unpaired) electrons. The summed E-state index contributed by atoms with van der Waals surface area (Å²) in [5, 5.41) is 0. The second-order valence-corrected chi connectivity index (χ2v) is 9.20. The molecule has 1 aliphatic heterocycles. The molecule has 0 atom stereocenters. The first-order chi connectivity index (χ1) is 12.7. The Balaban J connectivity index is 1.20. The van der Waals surface area contributed by atoms with Crippen LogP contribution in [0, 0.1) is 17.8 Å². The van der Waals surface area contributed by atoms with Gasteiger partial charge in [0.2, 0.25) is 5.91 Å². The van der Waals surface area contributed by atoms with Gasteiger partial charge in [0, 0.05) is 37.8 Å². The van der Waals surface area contributed by atoms with Crippen LogP contribution in [0.3, 0.4) is 0 Å². The Morgan fingerprint density at radius 3 is 2.04 bits per heavy atom. The van der Waals surface area contributed by atoms with Gasteiger partial charge in [-0.05, 0) is 67.9 Å². The molecule has 1 aromatic carbocycles. The van der Waals surface area contributed by atoms with Gasteiger partial charge in [-0.25, -0.2) is 0 Å². The molecule has 5 aliphatic rings. The standard InChI is InChI=1S/C23H30N2O/c26-22(7-6-18-4-2-1-3-5-18)24-8-10-25(11-9-24)23-15-19-12-20(16-23)14-21(13-19)17-23/h1-7,19-21H,8-17H2. The highest BCUT2D eigenvalue weighted by Crippen LogP contribution is 2.57. The van der Waals surface area contributed by atoms with Crippen LogP contribution in [0.4, 0.5) is 0 Å². The number of benzene rings is 1. The van der Waals surface area contributed by atoms with Crippen molar-refractivity contribution in [3.8, 4) is 0 Å². The Morgan fingerprint density at radius 1 is 0.885 bits per heavy atom. The van der Waals surface area contributed by atoms with Gasteiger partial charge in [0.25, 0.3) is 0 Å². The third-order valence-electron chi connectivity index (χ3n) is 7.49. The molecule has 3 heteroatoms. The van der Waals surface area contributed by atoms with Gasteiger partial charge in [0.05, 0.1) is 0 Å². The largest absolute Gasteiger partial charge is 0.337 e. The highest BCUT2D eigenvalue weighted by atomic mass is 16.2. The van der Waals surface area contributed by atoms with E-state index in [0.717, 1.165) is 49.5 Å². The summed E-state index contributed by atoms with van der Waals surface area (Å²) in [6.45, 7) is 3.91. The van der Waals surface area contributed by atoms with E-state index in [2.05, 4.69) is 4.90 Å². The lowest BCUT2D eigenvalue weighted by atomic mass is 9.52. The van der Waals surface area contributed by atoms with Crippen LogP contribution in [0.1, 0.15) is 44.1 Å². The molecule has 138 valence electrons. The Kier molecular flexibility index (Phi) is 4.16. The molecule has 6 rings (SSSR count). The summed E-state index contributed by atoms with van der Waals surface area (Å²) in [4.78, 5) is 17.4. The first-order valence-electron chi connectivity index (χ1n) is 10.5. The van der Waals surface area contributed by atoms with Gasteiger partial charge in [-0.3, -0.25) is 9.69 Å². The van der Waals surface area contributed by atoms with Crippen molar-refractivity contribution in [1.82, 2.24) is 9.80 Å². The molecular weight excluding hydrogens is 320 g/mol. The summed E-state index contributed by atoms with van der Waals surface area (Å²) >= 11 is 0. The van der Waals surface area contributed by atoms with E-state index < -0.39 is 0 Å². The van der Waals surface area contributed by atoms with E-state index in [1.807, 2.05) is 41.3 Å². The minimum absolute atomic E-state index is 0.166. The Morgan fingerprint density at radius 2 is 1.46 bits per heavy atom. The van der Waals surface area contributed by atoms with Crippen molar-refractivity contribution in [2.24, 2.45) is 17.8 Å². The normalized spacial score (nSPS) is 36.8. The molecule has 1 heterocycles. The average Bonchev–Trinajstić information content (AvgIpc) is 2.66. The monoisotopic (exact) mass is 350 g/mol. The molecule has 4 saturated carbocycles. The molecule has 1 saturated heterocycles. The maximum absolute atomic E-state index is 12.5. The predicted molar refractivity (Wildman–Crippen MR) is 105 cm³/mol. The molecule has 0 spiro atoms. The molecular formula is C23H30N2O. The topological polar surface area (TPSA) is 23.6 Å². The van der Waals surface area contributed by atoms with Gasteiger partial charge in [-0.1, -0.05) is 30.3 Å². The maximum atomic E-state index is 12.5. The number of amides is 1. The molecule has 1 aromatic rings. The van der Waals surface area contributed by atoms with Crippen molar-refractivity contribution in [2.45, 2.75) is 44.1 Å². The molecule has 3 nitrogen and oxygen atoms in total. The van der Waals surface area contributed by atoms with E-state index in [4.69, 9.17) is 0 Å². The zero-order chi connectivity index (χ0) is 17.6. The molecule has 0 unspecified atom stereocenters. The lowest BCUT2D eigenvalue weighted by Gasteiger charge is -2.61. The van der Waals surface area contributed by atoms with Crippen LogP contribution in [0.5, 0.6) is 0 Å². The minimum Gasteiger partial charge on any atom is -0.337 e. The average molecular weight is 351 g/mol. The van der Waals surface area contributed by atoms with Crippen molar-refractivity contribution < 1.29 is 4.79 Å². The zero-order valence-corrected chi connectivity index (χ0v) is 15.6. The zero-order valence-electron chi connectivity index (χ0n) is 15.6. The predicted octanol–water partition coefficient (Wildman–Crippen LogP) is 3.81. The van der Waals surface area contributed by atoms with E-state index in [0.29, 0.717) is 5.54 Å². The fraction of sp³-hybridized carbons (Fsp3) is 0.609. The number of rotatable bonds is 3. The first kappa shape index (κ1) is 16.6. The highest BCUT2D eigenvalue weighted by Gasteiger charge is 2.53. The molecule has 26 heavy (non-hydrogen) atoms. The van der Waals surface area contributed by atoms with E-state index >= 15 is 0 Å². The first-order valence-corrected chi connectivity index (χ1v) is 10.5. The lowest BCUT2D eigenvalue weighted by molar-refractivity contribution is -0.133. The Hall–Kier alpha value is -1.61. The number of piperazine rings is 1. The van der Waals surface area contributed by atoms with Gasteiger partial charge in [-0.15, -0.1) is 0 Å². The van der Waals surface area contributed by atoms with Crippen molar-refractivity contribution >= 4 is 12.0 Å². The minimum atomic E-state index is 0.166. The summed E-state index contributed by atoms with van der Waals surface area (Å²) in [5.41, 5.74) is 1.58. The maximum Gasteiger partial charge on any atom is 0.246 e. The third-order valence-corrected chi connectivity index (χ3v) is 7.49. The third kappa shape index (κ3) is 3.00. The lowest BCUT2D eigenvalue weighted by Crippen LogP contribution is -2.64. The van der Waals surface area contributed by atoms with Crippen molar-refractivity contribution in [3.05, 3.63) is 42.0 Å². The van der Waals surface area contributed by atoms with Crippen molar-refractivity contribution in [3.63, 3.8) is 0 Å². The second-order valence-electron chi connectivity index (χ2n) is 9.20.